The molecule has 0 aliphatic carbocycles. The van der Waals surface area contributed by atoms with Gasteiger partial charge in [0.25, 0.3) is 0 Å². The van der Waals surface area contributed by atoms with E-state index in [4.69, 9.17) is 5.11 Å². The van der Waals surface area contributed by atoms with Gasteiger partial charge >= 0.3 is 5.97 Å². The topological polar surface area (TPSA) is 66.4 Å². The van der Waals surface area contributed by atoms with E-state index in [1.54, 1.807) is 13.8 Å². The number of carbonyl (C=O) groups is 2. The van der Waals surface area contributed by atoms with Gasteiger partial charge in [-0.2, -0.15) is 0 Å². The van der Waals surface area contributed by atoms with Crippen LogP contribution in [0.25, 0.3) is 0 Å². The molecule has 122 valence electrons. The van der Waals surface area contributed by atoms with E-state index in [2.05, 4.69) is 19.2 Å². The van der Waals surface area contributed by atoms with E-state index >= 15 is 0 Å². The van der Waals surface area contributed by atoms with Crippen molar-refractivity contribution in [1.29, 1.82) is 0 Å². The number of carboxylic acids is 1. The fourth-order valence-electron chi connectivity index (χ4n) is 2.44. The molecule has 0 heterocycles. The van der Waals surface area contributed by atoms with Gasteiger partial charge in [-0.3, -0.25) is 9.59 Å². The molecule has 1 amide bonds. The Kier molecular flexibility index (Phi) is 6.15. The highest BCUT2D eigenvalue weighted by molar-refractivity contribution is 5.84. The minimum absolute atomic E-state index is 0.0250. The van der Waals surface area contributed by atoms with Crippen LogP contribution in [0, 0.1) is 18.3 Å². The lowest BCUT2D eigenvalue weighted by Gasteiger charge is -2.25. The molecule has 0 radical (unpaired) electrons. The number of nitrogens with one attached hydrogen (secondary N) is 1. The molecule has 22 heavy (non-hydrogen) atoms. The van der Waals surface area contributed by atoms with Gasteiger partial charge in [0.05, 0.1) is 11.5 Å². The first kappa shape index (κ1) is 18.2. The lowest BCUT2D eigenvalue weighted by molar-refractivity contribution is -0.149. The number of carbonyl (C=O) groups excluding carboxylic acids is 1. The summed E-state index contributed by atoms with van der Waals surface area (Å²) in [4.78, 5) is 23.4. The predicted octanol–water partition coefficient (Wildman–Crippen LogP) is 3.70. The largest absolute Gasteiger partial charge is 0.481 e. The molecule has 2 N–H and O–H groups in total. The number of amides is 1. The van der Waals surface area contributed by atoms with Gasteiger partial charge in [-0.25, -0.2) is 0 Å². The quantitative estimate of drug-likeness (QED) is 0.807. The van der Waals surface area contributed by atoms with Crippen molar-refractivity contribution in [3.8, 4) is 0 Å². The Morgan fingerprint density at radius 2 is 1.82 bits per heavy atom. The maximum Gasteiger partial charge on any atom is 0.309 e. The van der Waals surface area contributed by atoms with Crippen LogP contribution in [-0.4, -0.2) is 17.0 Å². The molecule has 0 spiro atoms. The third kappa shape index (κ3) is 5.17. The third-order valence-electron chi connectivity index (χ3n) is 3.79. The van der Waals surface area contributed by atoms with Gasteiger partial charge in [0.15, 0.2) is 0 Å². The molecule has 1 rings (SSSR count). The van der Waals surface area contributed by atoms with Crippen molar-refractivity contribution in [3.63, 3.8) is 0 Å². The van der Waals surface area contributed by atoms with Crippen LogP contribution in [0.2, 0.25) is 0 Å². The number of benzene rings is 1. The predicted molar refractivity (Wildman–Crippen MR) is 87.6 cm³/mol. The molecular weight excluding hydrogens is 278 g/mol. The SMILES string of the molecule is Cc1ccccc1C(CC(C)C)NC(=O)CC(C)(C)C(=O)O. The van der Waals surface area contributed by atoms with E-state index in [9.17, 15) is 9.59 Å². The van der Waals surface area contributed by atoms with Gasteiger partial charge < -0.3 is 10.4 Å². The van der Waals surface area contributed by atoms with Crippen LogP contribution in [0.3, 0.4) is 0 Å². The first-order valence-electron chi connectivity index (χ1n) is 7.71. The average Bonchev–Trinajstić information content (AvgIpc) is 2.37. The van der Waals surface area contributed by atoms with Crippen molar-refractivity contribution in [1.82, 2.24) is 5.32 Å². The smallest absolute Gasteiger partial charge is 0.309 e. The molecule has 1 atom stereocenters. The van der Waals surface area contributed by atoms with E-state index in [-0.39, 0.29) is 18.4 Å². The van der Waals surface area contributed by atoms with Crippen molar-refractivity contribution in [3.05, 3.63) is 35.4 Å². The number of hydrogen-bond donors (Lipinski definition) is 2. The maximum absolute atomic E-state index is 12.3. The lowest BCUT2D eigenvalue weighted by atomic mass is 9.88. The Morgan fingerprint density at radius 1 is 1.23 bits per heavy atom. The normalized spacial score (nSPS) is 13.0. The molecule has 0 aliphatic rings. The Hall–Kier alpha value is -1.84. The van der Waals surface area contributed by atoms with Gasteiger partial charge in [0, 0.05) is 6.42 Å². The average molecular weight is 305 g/mol. The van der Waals surface area contributed by atoms with Crippen molar-refractivity contribution in [2.45, 2.75) is 53.5 Å². The molecule has 4 heteroatoms. The second kappa shape index (κ2) is 7.43. The zero-order valence-electron chi connectivity index (χ0n) is 14.1. The maximum atomic E-state index is 12.3. The van der Waals surface area contributed by atoms with Gasteiger partial charge in [-0.1, -0.05) is 38.1 Å². The summed E-state index contributed by atoms with van der Waals surface area (Å²) in [5, 5.41) is 12.2. The molecule has 0 saturated heterocycles. The molecule has 0 saturated carbocycles. The Morgan fingerprint density at radius 3 is 2.32 bits per heavy atom. The summed E-state index contributed by atoms with van der Waals surface area (Å²) >= 11 is 0. The molecule has 1 unspecified atom stereocenters. The second-order valence-electron chi connectivity index (χ2n) is 6.97. The number of aryl methyl sites for hydroxylation is 1. The summed E-state index contributed by atoms with van der Waals surface area (Å²) in [7, 11) is 0. The number of hydrogen-bond acceptors (Lipinski definition) is 2. The highest BCUT2D eigenvalue weighted by Crippen LogP contribution is 2.26. The molecule has 1 aromatic rings. The van der Waals surface area contributed by atoms with Crippen LogP contribution in [-0.2, 0) is 9.59 Å². The summed E-state index contributed by atoms with van der Waals surface area (Å²) < 4.78 is 0. The van der Waals surface area contributed by atoms with E-state index in [1.807, 2.05) is 31.2 Å². The molecule has 0 bridgehead atoms. The van der Waals surface area contributed by atoms with Crippen LogP contribution in [0.5, 0.6) is 0 Å². The van der Waals surface area contributed by atoms with Crippen LogP contribution >= 0.6 is 0 Å². The van der Waals surface area contributed by atoms with Gasteiger partial charge in [0.2, 0.25) is 5.91 Å². The molecular formula is C18H27NO3. The summed E-state index contributed by atoms with van der Waals surface area (Å²) in [5.74, 6) is -0.752. The van der Waals surface area contributed by atoms with Crippen LogP contribution in [0.1, 0.15) is 57.7 Å². The Bertz CT molecular complexity index is 535. The standard InChI is InChI=1S/C18H27NO3/c1-12(2)10-15(14-9-7-6-8-13(14)3)19-16(20)11-18(4,5)17(21)22/h6-9,12,15H,10-11H2,1-5H3,(H,19,20)(H,21,22). The Labute approximate surface area is 132 Å². The first-order valence-corrected chi connectivity index (χ1v) is 7.71. The highest BCUT2D eigenvalue weighted by atomic mass is 16.4. The summed E-state index contributed by atoms with van der Waals surface area (Å²) in [6.07, 6.45) is 0.799. The van der Waals surface area contributed by atoms with Gasteiger partial charge in [-0.05, 0) is 44.2 Å². The van der Waals surface area contributed by atoms with Crippen molar-refractivity contribution >= 4 is 11.9 Å². The minimum atomic E-state index is -1.06. The third-order valence-corrected chi connectivity index (χ3v) is 3.79. The highest BCUT2D eigenvalue weighted by Gasteiger charge is 2.31. The van der Waals surface area contributed by atoms with Crippen LogP contribution < -0.4 is 5.32 Å². The van der Waals surface area contributed by atoms with Gasteiger partial charge in [0.1, 0.15) is 0 Å². The molecule has 0 aliphatic heterocycles. The number of rotatable bonds is 7. The second-order valence-corrected chi connectivity index (χ2v) is 6.97. The molecule has 0 fully saturated rings. The molecule has 1 aromatic carbocycles. The van der Waals surface area contributed by atoms with E-state index in [0.29, 0.717) is 5.92 Å². The van der Waals surface area contributed by atoms with E-state index in [1.165, 1.54) is 0 Å². The summed E-state index contributed by atoms with van der Waals surface area (Å²) in [6.45, 7) is 9.38. The monoisotopic (exact) mass is 305 g/mol. The molecule has 4 nitrogen and oxygen atoms in total. The zero-order chi connectivity index (χ0) is 16.9. The first-order chi connectivity index (χ1) is 10.1. The lowest BCUT2D eigenvalue weighted by Crippen LogP contribution is -2.36. The Balaban J connectivity index is 2.89. The fraction of sp³-hybridized carbons (Fsp3) is 0.556. The van der Waals surface area contributed by atoms with Crippen molar-refractivity contribution < 1.29 is 14.7 Å². The van der Waals surface area contributed by atoms with Gasteiger partial charge in [-0.15, -0.1) is 0 Å². The van der Waals surface area contributed by atoms with Crippen molar-refractivity contribution in [2.24, 2.45) is 11.3 Å². The minimum Gasteiger partial charge on any atom is -0.481 e. The van der Waals surface area contributed by atoms with E-state index in [0.717, 1.165) is 17.5 Å². The number of carboxylic acid groups (broad SMARTS) is 1. The van der Waals surface area contributed by atoms with Crippen LogP contribution in [0.4, 0.5) is 0 Å². The molecule has 0 aromatic heterocycles. The summed E-state index contributed by atoms with van der Waals surface area (Å²) in [6, 6.07) is 7.89. The van der Waals surface area contributed by atoms with Crippen LogP contribution in [0.15, 0.2) is 24.3 Å². The van der Waals surface area contributed by atoms with Crippen molar-refractivity contribution in [2.75, 3.05) is 0 Å². The zero-order valence-corrected chi connectivity index (χ0v) is 14.1. The van der Waals surface area contributed by atoms with E-state index < -0.39 is 11.4 Å². The number of aliphatic carboxylic acids is 1. The summed E-state index contributed by atoms with van der Waals surface area (Å²) in [5.41, 5.74) is 1.17. The fourth-order valence-corrected chi connectivity index (χ4v) is 2.44.